The van der Waals surface area contributed by atoms with Crippen LogP contribution < -0.4 is 5.32 Å². The Morgan fingerprint density at radius 3 is 2.56 bits per heavy atom. The van der Waals surface area contributed by atoms with E-state index in [1.165, 1.54) is 12.4 Å². The van der Waals surface area contributed by atoms with Crippen LogP contribution in [0.4, 0.5) is 5.69 Å². The molecule has 1 unspecified atom stereocenters. The fraction of sp³-hybridized carbons (Fsp3) is 0.304. The van der Waals surface area contributed by atoms with Crippen molar-refractivity contribution in [2.75, 3.05) is 39.8 Å². The average molecular weight is 435 g/mol. The van der Waals surface area contributed by atoms with Crippen molar-refractivity contribution in [3.8, 4) is 5.69 Å². The van der Waals surface area contributed by atoms with Crippen LogP contribution in [0.2, 0.25) is 0 Å². The van der Waals surface area contributed by atoms with Crippen LogP contribution in [0.1, 0.15) is 22.0 Å². The minimum atomic E-state index is -0.481. The maximum atomic E-state index is 13.1. The van der Waals surface area contributed by atoms with Gasteiger partial charge in [-0.2, -0.15) is 0 Å². The molecular formula is C23H26N6O3. The molecule has 1 N–H and O–H groups in total. The zero-order chi connectivity index (χ0) is 22.5. The van der Waals surface area contributed by atoms with Gasteiger partial charge >= 0.3 is 0 Å². The van der Waals surface area contributed by atoms with Crippen molar-refractivity contribution in [2.24, 2.45) is 0 Å². The predicted molar refractivity (Wildman–Crippen MR) is 121 cm³/mol. The number of aromatic nitrogens is 2. The van der Waals surface area contributed by atoms with Crippen LogP contribution in [0.3, 0.4) is 0 Å². The van der Waals surface area contributed by atoms with Crippen LogP contribution in [0.25, 0.3) is 5.69 Å². The lowest BCUT2D eigenvalue weighted by atomic mass is 10.0. The lowest BCUT2D eigenvalue weighted by Crippen LogP contribution is -2.47. The summed E-state index contributed by atoms with van der Waals surface area (Å²) in [5.74, 6) is -0.340. The third-order valence-corrected chi connectivity index (χ3v) is 5.76. The smallest absolute Gasteiger partial charge is 0.294 e. The van der Waals surface area contributed by atoms with Crippen molar-refractivity contribution in [2.45, 2.75) is 6.04 Å². The van der Waals surface area contributed by atoms with E-state index in [-0.39, 0.29) is 23.2 Å². The van der Waals surface area contributed by atoms with Gasteiger partial charge in [0.05, 0.1) is 17.3 Å². The van der Waals surface area contributed by atoms with Crippen molar-refractivity contribution in [1.29, 1.82) is 0 Å². The SMILES string of the molecule is CN1CCN(CC(NC(=O)c2ccc(-n3ccnc3)c([N+](=O)[O-])c2)c2ccccc2)CC1. The van der Waals surface area contributed by atoms with Crippen molar-refractivity contribution in [3.63, 3.8) is 0 Å². The summed E-state index contributed by atoms with van der Waals surface area (Å²) in [7, 11) is 2.11. The quantitative estimate of drug-likeness (QED) is 0.453. The van der Waals surface area contributed by atoms with Gasteiger partial charge in [0.1, 0.15) is 5.69 Å². The Morgan fingerprint density at radius 2 is 1.91 bits per heavy atom. The highest BCUT2D eigenvalue weighted by atomic mass is 16.6. The van der Waals surface area contributed by atoms with Crippen LogP contribution in [0, 0.1) is 10.1 Å². The van der Waals surface area contributed by atoms with E-state index in [1.54, 1.807) is 29.1 Å². The molecule has 1 aromatic heterocycles. The Morgan fingerprint density at radius 1 is 1.16 bits per heavy atom. The van der Waals surface area contributed by atoms with E-state index in [9.17, 15) is 14.9 Å². The molecule has 1 saturated heterocycles. The summed E-state index contributed by atoms with van der Waals surface area (Å²) < 4.78 is 1.56. The zero-order valence-corrected chi connectivity index (χ0v) is 17.9. The third-order valence-electron chi connectivity index (χ3n) is 5.76. The van der Waals surface area contributed by atoms with E-state index in [4.69, 9.17) is 0 Å². The summed E-state index contributed by atoms with van der Waals surface area (Å²) in [5, 5.41) is 14.7. The van der Waals surface area contributed by atoms with E-state index in [0.717, 1.165) is 31.7 Å². The lowest BCUT2D eigenvalue weighted by molar-refractivity contribution is -0.384. The first kappa shape index (κ1) is 21.7. The van der Waals surface area contributed by atoms with Gasteiger partial charge in [0.2, 0.25) is 0 Å². The van der Waals surface area contributed by atoms with Crippen molar-refractivity contribution < 1.29 is 9.72 Å². The van der Waals surface area contributed by atoms with Crippen molar-refractivity contribution in [1.82, 2.24) is 24.7 Å². The topological polar surface area (TPSA) is 96.5 Å². The Labute approximate surface area is 186 Å². The van der Waals surface area contributed by atoms with E-state index >= 15 is 0 Å². The number of imidazole rings is 1. The fourth-order valence-corrected chi connectivity index (χ4v) is 3.88. The average Bonchev–Trinajstić information content (AvgIpc) is 3.35. The van der Waals surface area contributed by atoms with Gasteiger partial charge in [-0.3, -0.25) is 19.8 Å². The number of likely N-dealkylation sites (N-methyl/N-ethyl adjacent to an activating group) is 1. The molecule has 4 rings (SSSR count). The minimum absolute atomic E-state index is 0.147. The second-order valence-corrected chi connectivity index (χ2v) is 7.97. The Balaban J connectivity index is 1.56. The molecular weight excluding hydrogens is 408 g/mol. The zero-order valence-electron chi connectivity index (χ0n) is 17.9. The monoisotopic (exact) mass is 434 g/mol. The number of nitrogens with zero attached hydrogens (tertiary/aromatic N) is 5. The van der Waals surface area contributed by atoms with Crippen LogP contribution in [0.5, 0.6) is 0 Å². The molecule has 32 heavy (non-hydrogen) atoms. The largest absolute Gasteiger partial charge is 0.344 e. The van der Waals surface area contributed by atoms with Gasteiger partial charge in [0.25, 0.3) is 11.6 Å². The van der Waals surface area contributed by atoms with Crippen LogP contribution >= 0.6 is 0 Å². The highest BCUT2D eigenvalue weighted by Gasteiger charge is 2.24. The molecule has 0 saturated carbocycles. The van der Waals surface area contributed by atoms with E-state index in [1.807, 2.05) is 30.3 Å². The number of nitro benzene ring substituents is 1. The maximum Gasteiger partial charge on any atom is 0.294 e. The first-order valence-electron chi connectivity index (χ1n) is 10.5. The molecule has 0 aliphatic carbocycles. The summed E-state index contributed by atoms with van der Waals surface area (Å²) in [6, 6.07) is 14.1. The first-order chi connectivity index (χ1) is 15.5. The number of rotatable bonds is 7. The third kappa shape index (κ3) is 5.01. The number of carbonyl (C=O) groups excluding carboxylic acids is 1. The summed E-state index contributed by atoms with van der Waals surface area (Å²) in [6.07, 6.45) is 4.67. The Hall–Kier alpha value is -3.56. The van der Waals surface area contributed by atoms with Gasteiger partial charge in [-0.15, -0.1) is 0 Å². The van der Waals surface area contributed by atoms with Crippen molar-refractivity contribution >= 4 is 11.6 Å². The second-order valence-electron chi connectivity index (χ2n) is 7.97. The Kier molecular flexibility index (Phi) is 6.58. The predicted octanol–water partition coefficient (Wildman–Crippen LogP) is 2.50. The van der Waals surface area contributed by atoms with Crippen LogP contribution in [-0.4, -0.2) is 70.0 Å². The number of carbonyl (C=O) groups is 1. The van der Waals surface area contributed by atoms with Gasteiger partial charge in [0, 0.05) is 56.7 Å². The van der Waals surface area contributed by atoms with E-state index in [2.05, 4.69) is 27.1 Å². The number of nitrogens with one attached hydrogen (secondary N) is 1. The lowest BCUT2D eigenvalue weighted by Gasteiger charge is -2.35. The maximum absolute atomic E-state index is 13.1. The standard InChI is InChI=1S/C23H26N6O3/c1-26-11-13-27(14-12-26)16-20(18-5-3-2-4-6-18)25-23(30)19-7-8-21(22(15-19)29(31)32)28-10-9-24-17-28/h2-10,15,17,20H,11-14,16H2,1H3,(H,25,30). The second kappa shape index (κ2) is 9.71. The molecule has 2 aromatic carbocycles. The number of hydrogen-bond acceptors (Lipinski definition) is 6. The normalized spacial score (nSPS) is 15.9. The molecule has 0 radical (unpaired) electrons. The summed E-state index contributed by atoms with van der Waals surface area (Å²) in [6.45, 7) is 4.51. The molecule has 1 aliphatic rings. The molecule has 9 nitrogen and oxygen atoms in total. The fourth-order valence-electron chi connectivity index (χ4n) is 3.88. The summed E-state index contributed by atoms with van der Waals surface area (Å²) in [4.78, 5) is 32.9. The molecule has 0 spiro atoms. The highest BCUT2D eigenvalue weighted by molar-refractivity contribution is 5.95. The van der Waals surface area contributed by atoms with Crippen LogP contribution in [0.15, 0.2) is 67.3 Å². The van der Waals surface area contributed by atoms with Crippen molar-refractivity contribution in [3.05, 3.63) is 88.5 Å². The van der Waals surface area contributed by atoms with Crippen LogP contribution in [-0.2, 0) is 0 Å². The van der Waals surface area contributed by atoms with Gasteiger partial charge in [-0.05, 0) is 24.7 Å². The molecule has 2 heterocycles. The molecule has 166 valence electrons. The molecule has 1 atom stereocenters. The van der Waals surface area contributed by atoms with E-state index in [0.29, 0.717) is 12.2 Å². The molecule has 3 aromatic rings. The number of amides is 1. The minimum Gasteiger partial charge on any atom is -0.344 e. The molecule has 1 aliphatic heterocycles. The van der Waals surface area contributed by atoms with E-state index < -0.39 is 4.92 Å². The number of piperazine rings is 1. The van der Waals surface area contributed by atoms with Gasteiger partial charge in [-0.1, -0.05) is 30.3 Å². The molecule has 9 heteroatoms. The van der Waals surface area contributed by atoms with Gasteiger partial charge in [0.15, 0.2) is 0 Å². The number of benzene rings is 2. The molecule has 1 fully saturated rings. The Bertz CT molecular complexity index is 1060. The van der Waals surface area contributed by atoms with Gasteiger partial charge < -0.3 is 14.8 Å². The summed E-state index contributed by atoms with van der Waals surface area (Å²) in [5.41, 5.74) is 1.47. The first-order valence-corrected chi connectivity index (χ1v) is 10.5. The summed E-state index contributed by atoms with van der Waals surface area (Å²) >= 11 is 0. The molecule has 1 amide bonds. The number of hydrogen-bond donors (Lipinski definition) is 1. The molecule has 0 bridgehead atoms. The van der Waals surface area contributed by atoms with Gasteiger partial charge in [-0.25, -0.2) is 4.98 Å². The number of nitro groups is 1. The highest BCUT2D eigenvalue weighted by Crippen LogP contribution is 2.25.